The molecule has 0 spiro atoms. The van der Waals surface area contributed by atoms with Crippen LogP contribution in [0, 0.1) is 5.92 Å². The second-order valence-corrected chi connectivity index (χ2v) is 6.30. The predicted octanol–water partition coefficient (Wildman–Crippen LogP) is 0.963. The second kappa shape index (κ2) is 7.90. The fraction of sp³-hybridized carbons (Fsp3) is 0.333. The molecule has 3 rings (SSSR count). The van der Waals surface area contributed by atoms with E-state index < -0.39 is 11.9 Å². The first-order chi connectivity index (χ1) is 12.9. The third-order valence-electron chi connectivity index (χ3n) is 4.31. The Bertz CT molecular complexity index is 846. The number of rotatable bonds is 7. The van der Waals surface area contributed by atoms with Gasteiger partial charge in [0.15, 0.2) is 5.82 Å². The van der Waals surface area contributed by atoms with Crippen LogP contribution in [-0.4, -0.2) is 51.2 Å². The Morgan fingerprint density at radius 2 is 2.04 bits per heavy atom. The van der Waals surface area contributed by atoms with Crippen LogP contribution in [0.25, 0.3) is 0 Å². The molecule has 0 radical (unpaired) electrons. The highest BCUT2D eigenvalue weighted by molar-refractivity contribution is 5.96. The number of carbonyl (C=O) groups excluding carboxylic acids is 2. The zero-order chi connectivity index (χ0) is 19.4. The SMILES string of the molecule is COc1ccc(CN2CC(C(=O)Nc3ccn(CC(=O)O)n3)CC2=O)cc1. The Morgan fingerprint density at radius 1 is 1.30 bits per heavy atom. The molecule has 1 aliphatic heterocycles. The number of carboxylic acid groups (broad SMARTS) is 1. The minimum Gasteiger partial charge on any atom is -0.497 e. The van der Waals surface area contributed by atoms with Crippen molar-refractivity contribution in [3.05, 3.63) is 42.1 Å². The molecule has 0 aliphatic carbocycles. The van der Waals surface area contributed by atoms with Crippen molar-refractivity contribution in [3.8, 4) is 5.75 Å². The molecule has 142 valence electrons. The van der Waals surface area contributed by atoms with E-state index >= 15 is 0 Å². The molecule has 2 amide bonds. The lowest BCUT2D eigenvalue weighted by Gasteiger charge is -2.16. The van der Waals surface area contributed by atoms with Gasteiger partial charge in [0.25, 0.3) is 0 Å². The van der Waals surface area contributed by atoms with E-state index in [1.54, 1.807) is 12.0 Å². The van der Waals surface area contributed by atoms with Crippen molar-refractivity contribution in [2.75, 3.05) is 19.0 Å². The van der Waals surface area contributed by atoms with Gasteiger partial charge in [0.2, 0.25) is 11.8 Å². The molecule has 2 heterocycles. The van der Waals surface area contributed by atoms with Gasteiger partial charge < -0.3 is 20.1 Å². The maximum absolute atomic E-state index is 12.4. The molecule has 2 N–H and O–H groups in total. The average molecular weight is 372 g/mol. The summed E-state index contributed by atoms with van der Waals surface area (Å²) in [6, 6.07) is 8.94. The third kappa shape index (κ3) is 4.63. The Labute approximate surface area is 155 Å². The van der Waals surface area contributed by atoms with Gasteiger partial charge in [-0.3, -0.25) is 19.1 Å². The van der Waals surface area contributed by atoms with E-state index in [9.17, 15) is 14.4 Å². The Balaban J connectivity index is 1.56. The Kier molecular flexibility index (Phi) is 5.39. The van der Waals surface area contributed by atoms with E-state index in [0.29, 0.717) is 13.1 Å². The van der Waals surface area contributed by atoms with E-state index in [4.69, 9.17) is 9.84 Å². The molecule has 2 aromatic rings. The number of carbonyl (C=O) groups is 3. The molecular formula is C18H20N4O5. The lowest BCUT2D eigenvalue weighted by Crippen LogP contribution is -2.28. The average Bonchev–Trinajstić information content (AvgIpc) is 3.22. The van der Waals surface area contributed by atoms with Crippen LogP contribution in [0.1, 0.15) is 12.0 Å². The van der Waals surface area contributed by atoms with E-state index in [0.717, 1.165) is 11.3 Å². The van der Waals surface area contributed by atoms with Crippen molar-refractivity contribution in [2.24, 2.45) is 5.92 Å². The lowest BCUT2D eigenvalue weighted by atomic mass is 10.1. The van der Waals surface area contributed by atoms with Crippen LogP contribution in [0.2, 0.25) is 0 Å². The summed E-state index contributed by atoms with van der Waals surface area (Å²) in [5, 5.41) is 15.4. The number of likely N-dealkylation sites (tertiary alicyclic amines) is 1. The number of anilines is 1. The molecule has 1 aromatic carbocycles. The molecule has 1 saturated heterocycles. The minimum absolute atomic E-state index is 0.0811. The lowest BCUT2D eigenvalue weighted by molar-refractivity contribution is -0.138. The van der Waals surface area contributed by atoms with Gasteiger partial charge in [-0.1, -0.05) is 12.1 Å². The second-order valence-electron chi connectivity index (χ2n) is 6.30. The summed E-state index contributed by atoms with van der Waals surface area (Å²) < 4.78 is 6.33. The van der Waals surface area contributed by atoms with E-state index in [1.807, 2.05) is 24.3 Å². The first-order valence-corrected chi connectivity index (χ1v) is 8.41. The normalized spacial score (nSPS) is 16.4. The van der Waals surface area contributed by atoms with Crippen molar-refractivity contribution in [3.63, 3.8) is 0 Å². The van der Waals surface area contributed by atoms with Crippen LogP contribution >= 0.6 is 0 Å². The quantitative estimate of drug-likeness (QED) is 0.748. The zero-order valence-corrected chi connectivity index (χ0v) is 14.8. The number of carboxylic acids is 1. The van der Waals surface area contributed by atoms with Crippen molar-refractivity contribution in [2.45, 2.75) is 19.5 Å². The summed E-state index contributed by atoms with van der Waals surface area (Å²) >= 11 is 0. The molecule has 1 aliphatic rings. The molecule has 1 atom stereocenters. The molecule has 1 unspecified atom stereocenters. The fourth-order valence-electron chi connectivity index (χ4n) is 2.94. The smallest absolute Gasteiger partial charge is 0.325 e. The summed E-state index contributed by atoms with van der Waals surface area (Å²) in [5.41, 5.74) is 0.956. The van der Waals surface area contributed by atoms with Gasteiger partial charge in [-0.2, -0.15) is 5.10 Å². The van der Waals surface area contributed by atoms with Crippen molar-refractivity contribution < 1.29 is 24.2 Å². The molecule has 9 nitrogen and oxygen atoms in total. The summed E-state index contributed by atoms with van der Waals surface area (Å²) in [4.78, 5) is 36.9. The number of ether oxygens (including phenoxy) is 1. The van der Waals surface area contributed by atoms with E-state index in [1.165, 1.54) is 16.9 Å². The predicted molar refractivity (Wildman–Crippen MR) is 95.0 cm³/mol. The molecule has 1 aromatic heterocycles. The molecule has 9 heteroatoms. The number of amides is 2. The highest BCUT2D eigenvalue weighted by atomic mass is 16.5. The van der Waals surface area contributed by atoms with Crippen molar-refractivity contribution in [1.82, 2.24) is 14.7 Å². The maximum atomic E-state index is 12.4. The largest absolute Gasteiger partial charge is 0.497 e. The van der Waals surface area contributed by atoms with Gasteiger partial charge >= 0.3 is 5.97 Å². The standard InChI is InChI=1S/C18H20N4O5/c1-27-14-4-2-12(3-5-14)9-21-10-13(8-16(21)23)18(26)19-15-6-7-22(20-15)11-17(24)25/h2-7,13H,8-11H2,1H3,(H,24,25)(H,19,20,26). The Morgan fingerprint density at radius 3 is 2.70 bits per heavy atom. The first-order valence-electron chi connectivity index (χ1n) is 8.41. The van der Waals surface area contributed by atoms with Crippen LogP contribution in [0.3, 0.4) is 0 Å². The van der Waals surface area contributed by atoms with Gasteiger partial charge in [-0.05, 0) is 17.7 Å². The number of nitrogens with one attached hydrogen (secondary N) is 1. The number of aromatic nitrogens is 2. The summed E-state index contributed by atoms with van der Waals surface area (Å²) in [6.07, 6.45) is 1.61. The van der Waals surface area contributed by atoms with Crippen LogP contribution in [0.15, 0.2) is 36.5 Å². The maximum Gasteiger partial charge on any atom is 0.325 e. The fourth-order valence-corrected chi connectivity index (χ4v) is 2.94. The van der Waals surface area contributed by atoms with E-state index in [2.05, 4.69) is 10.4 Å². The number of hydrogen-bond donors (Lipinski definition) is 2. The summed E-state index contributed by atoms with van der Waals surface area (Å²) in [7, 11) is 1.59. The summed E-state index contributed by atoms with van der Waals surface area (Å²) in [5.74, 6) is -0.871. The van der Waals surface area contributed by atoms with Gasteiger partial charge in [-0.15, -0.1) is 0 Å². The third-order valence-corrected chi connectivity index (χ3v) is 4.31. The number of methoxy groups -OCH3 is 1. The molecule has 0 saturated carbocycles. The minimum atomic E-state index is -1.02. The molecule has 27 heavy (non-hydrogen) atoms. The highest BCUT2D eigenvalue weighted by Gasteiger charge is 2.34. The monoisotopic (exact) mass is 372 g/mol. The summed E-state index contributed by atoms with van der Waals surface area (Å²) in [6.45, 7) is 0.472. The van der Waals surface area contributed by atoms with Gasteiger partial charge in [0, 0.05) is 31.8 Å². The van der Waals surface area contributed by atoms with Crippen molar-refractivity contribution >= 4 is 23.6 Å². The van der Waals surface area contributed by atoms with Gasteiger partial charge in [-0.25, -0.2) is 0 Å². The van der Waals surface area contributed by atoms with Gasteiger partial charge in [0.05, 0.1) is 13.0 Å². The highest BCUT2D eigenvalue weighted by Crippen LogP contribution is 2.22. The number of nitrogens with zero attached hydrogens (tertiary/aromatic N) is 3. The molecule has 0 bridgehead atoms. The first kappa shape index (κ1) is 18.4. The van der Waals surface area contributed by atoms with E-state index in [-0.39, 0.29) is 30.6 Å². The molecular weight excluding hydrogens is 352 g/mol. The van der Waals surface area contributed by atoms with Crippen LogP contribution in [0.5, 0.6) is 5.75 Å². The van der Waals surface area contributed by atoms with Crippen LogP contribution < -0.4 is 10.1 Å². The van der Waals surface area contributed by atoms with Gasteiger partial charge in [0.1, 0.15) is 12.3 Å². The van der Waals surface area contributed by atoms with Crippen LogP contribution in [0.4, 0.5) is 5.82 Å². The molecule has 1 fully saturated rings. The van der Waals surface area contributed by atoms with Crippen molar-refractivity contribution in [1.29, 1.82) is 0 Å². The van der Waals surface area contributed by atoms with Crippen LogP contribution in [-0.2, 0) is 27.5 Å². The number of aliphatic carboxylic acids is 1. The number of benzene rings is 1. The Hall–Kier alpha value is -3.36. The topological polar surface area (TPSA) is 114 Å². The number of hydrogen-bond acceptors (Lipinski definition) is 5. The zero-order valence-electron chi connectivity index (χ0n) is 14.8.